The number of carbonyl (C=O) groups excluding carboxylic acids is 1. The molecule has 0 saturated carbocycles. The molecule has 1 heterocycles. The van der Waals surface area contributed by atoms with Gasteiger partial charge in [0.15, 0.2) is 4.34 Å². The van der Waals surface area contributed by atoms with E-state index in [1.165, 1.54) is 0 Å². The highest BCUT2D eigenvalue weighted by molar-refractivity contribution is 8.01. The topological polar surface area (TPSA) is 141 Å². The molecule has 5 N–H and O–H groups in total. The molecule has 1 amide bonds. The fourth-order valence-corrected chi connectivity index (χ4v) is 4.13. The Morgan fingerprint density at radius 2 is 1.91 bits per heavy atom. The Balaban J connectivity index is 2.09. The molecule has 0 radical (unpaired) electrons. The van der Waals surface area contributed by atoms with Crippen molar-refractivity contribution in [2.24, 2.45) is 5.14 Å². The summed E-state index contributed by atoms with van der Waals surface area (Å²) in [6.07, 6.45) is 0. The molecule has 0 aliphatic heterocycles. The lowest BCUT2D eigenvalue weighted by Gasteiger charge is -2.10. The Morgan fingerprint density at radius 3 is 2.39 bits per heavy atom. The predicted molar refractivity (Wildman–Crippen MR) is 91.5 cm³/mol. The molecule has 1 aromatic heterocycles. The van der Waals surface area contributed by atoms with Gasteiger partial charge in [-0.25, -0.2) is 13.6 Å². The van der Waals surface area contributed by atoms with Crippen molar-refractivity contribution in [2.45, 2.75) is 9.24 Å². The molecule has 2 rings (SSSR count). The van der Waals surface area contributed by atoms with E-state index >= 15 is 0 Å². The Hall–Kier alpha value is -1.11. The van der Waals surface area contributed by atoms with Crippen molar-refractivity contribution in [3.63, 3.8) is 0 Å². The number of primary sulfonamides is 1. The Bertz CT molecular complexity index is 832. The molecule has 0 aliphatic rings. The first kappa shape index (κ1) is 18.2. The molecular weight excluding hydrogens is 405 g/mol. The summed E-state index contributed by atoms with van der Waals surface area (Å²) >= 11 is 14.2. The number of hydrogen-bond donors (Lipinski definition) is 3. The molecular formula is C10H9Cl2N5O3S3. The summed E-state index contributed by atoms with van der Waals surface area (Å²) in [7, 11) is -3.95. The zero-order chi connectivity index (χ0) is 17.2. The first-order chi connectivity index (χ1) is 10.7. The second kappa shape index (κ2) is 7.20. The summed E-state index contributed by atoms with van der Waals surface area (Å²) < 4.78 is 23.1. The van der Waals surface area contributed by atoms with E-state index < -0.39 is 15.9 Å². The number of nitrogen functional groups attached to an aromatic ring is 1. The maximum Gasteiger partial charge on any atom is 0.238 e. The zero-order valence-corrected chi connectivity index (χ0v) is 15.1. The molecule has 124 valence electrons. The van der Waals surface area contributed by atoms with Crippen LogP contribution in [0.1, 0.15) is 0 Å². The van der Waals surface area contributed by atoms with E-state index in [0.29, 0.717) is 9.47 Å². The first-order valence-electron chi connectivity index (χ1n) is 5.70. The average Bonchev–Trinajstić information content (AvgIpc) is 2.85. The minimum Gasteiger partial charge on any atom is -0.374 e. The van der Waals surface area contributed by atoms with Gasteiger partial charge in [0, 0.05) is 0 Å². The van der Waals surface area contributed by atoms with Crippen LogP contribution in [0.25, 0.3) is 0 Å². The van der Waals surface area contributed by atoms with Crippen molar-refractivity contribution < 1.29 is 13.2 Å². The van der Waals surface area contributed by atoms with Crippen LogP contribution in [0, 0.1) is 0 Å². The monoisotopic (exact) mass is 413 g/mol. The fourth-order valence-electron chi connectivity index (χ4n) is 1.42. The van der Waals surface area contributed by atoms with Crippen LogP contribution in [0.15, 0.2) is 21.4 Å². The number of benzene rings is 1. The second-order valence-electron chi connectivity index (χ2n) is 4.05. The van der Waals surface area contributed by atoms with Gasteiger partial charge in [0.05, 0.1) is 26.4 Å². The third kappa shape index (κ3) is 4.93. The standard InChI is InChI=1S/C10H9Cl2N5O3S3/c11-5-1-4(23(14,19)20)2-6(12)8(5)15-7(18)3-21-10-17-16-9(13)22-10/h1-2H,3H2,(H2,13,16)(H,15,18)(H2,14,19,20). The molecule has 0 fully saturated rings. The number of thioether (sulfide) groups is 1. The number of halogens is 2. The average molecular weight is 414 g/mol. The van der Waals surface area contributed by atoms with Crippen molar-refractivity contribution in [3.05, 3.63) is 22.2 Å². The Kier molecular flexibility index (Phi) is 5.70. The van der Waals surface area contributed by atoms with Gasteiger partial charge in [-0.05, 0) is 12.1 Å². The zero-order valence-electron chi connectivity index (χ0n) is 11.1. The summed E-state index contributed by atoms with van der Waals surface area (Å²) in [6.45, 7) is 0. The van der Waals surface area contributed by atoms with Crippen molar-refractivity contribution in [3.8, 4) is 0 Å². The van der Waals surface area contributed by atoms with Gasteiger partial charge in [-0.15, -0.1) is 10.2 Å². The smallest absolute Gasteiger partial charge is 0.238 e. The van der Waals surface area contributed by atoms with E-state index in [0.717, 1.165) is 35.2 Å². The molecule has 13 heteroatoms. The van der Waals surface area contributed by atoms with Crippen LogP contribution in [0.4, 0.5) is 10.8 Å². The number of carbonyl (C=O) groups is 1. The molecule has 0 spiro atoms. The van der Waals surface area contributed by atoms with Gasteiger partial charge in [0.1, 0.15) is 0 Å². The molecule has 0 aliphatic carbocycles. The maximum atomic E-state index is 11.9. The van der Waals surface area contributed by atoms with Gasteiger partial charge in [-0.2, -0.15) is 0 Å². The maximum absolute atomic E-state index is 11.9. The molecule has 0 saturated heterocycles. The lowest BCUT2D eigenvalue weighted by Crippen LogP contribution is -2.16. The summed E-state index contributed by atoms with van der Waals surface area (Å²) in [4.78, 5) is 11.7. The second-order valence-corrected chi connectivity index (χ2v) is 8.66. The minimum atomic E-state index is -3.95. The van der Waals surface area contributed by atoms with Crippen molar-refractivity contribution in [1.29, 1.82) is 0 Å². The number of amides is 1. The van der Waals surface area contributed by atoms with Crippen molar-refractivity contribution >= 4 is 73.0 Å². The largest absolute Gasteiger partial charge is 0.374 e. The third-order valence-electron chi connectivity index (χ3n) is 2.36. The van der Waals surface area contributed by atoms with Crippen molar-refractivity contribution in [1.82, 2.24) is 10.2 Å². The fraction of sp³-hybridized carbons (Fsp3) is 0.100. The van der Waals surface area contributed by atoms with Gasteiger partial charge in [0.2, 0.25) is 21.1 Å². The first-order valence-corrected chi connectivity index (χ1v) is 9.80. The van der Waals surface area contributed by atoms with Gasteiger partial charge in [0.25, 0.3) is 0 Å². The van der Waals surface area contributed by atoms with E-state index in [2.05, 4.69) is 15.5 Å². The Morgan fingerprint density at radius 1 is 1.30 bits per heavy atom. The van der Waals surface area contributed by atoms with Crippen LogP contribution in [-0.2, 0) is 14.8 Å². The number of rotatable bonds is 5. The molecule has 0 atom stereocenters. The van der Waals surface area contributed by atoms with E-state index in [4.69, 9.17) is 34.1 Å². The number of anilines is 2. The van der Waals surface area contributed by atoms with Gasteiger partial charge < -0.3 is 11.1 Å². The summed E-state index contributed by atoms with van der Waals surface area (Å²) in [5.41, 5.74) is 5.53. The molecule has 0 unspecified atom stereocenters. The quantitative estimate of drug-likeness (QED) is 0.634. The lowest BCUT2D eigenvalue weighted by molar-refractivity contribution is -0.113. The molecule has 2 aromatic rings. The molecule has 8 nitrogen and oxygen atoms in total. The van der Waals surface area contributed by atoms with Crippen LogP contribution >= 0.6 is 46.3 Å². The van der Waals surface area contributed by atoms with Crippen LogP contribution in [0.3, 0.4) is 0 Å². The van der Waals surface area contributed by atoms with Gasteiger partial charge >= 0.3 is 0 Å². The minimum absolute atomic E-state index is 0.0260. The third-order valence-corrected chi connectivity index (χ3v) is 5.73. The van der Waals surface area contributed by atoms with Gasteiger partial charge in [-0.3, -0.25) is 4.79 Å². The number of nitrogens with two attached hydrogens (primary N) is 2. The highest BCUT2D eigenvalue weighted by Crippen LogP contribution is 2.33. The van der Waals surface area contributed by atoms with Crippen LogP contribution < -0.4 is 16.2 Å². The van der Waals surface area contributed by atoms with E-state index in [-0.39, 0.29) is 26.4 Å². The van der Waals surface area contributed by atoms with E-state index in [9.17, 15) is 13.2 Å². The Labute approximate surface area is 149 Å². The number of nitrogens with one attached hydrogen (secondary N) is 1. The number of nitrogens with zero attached hydrogens (tertiary/aromatic N) is 2. The van der Waals surface area contributed by atoms with Crippen LogP contribution in [-0.4, -0.2) is 30.3 Å². The molecule has 0 bridgehead atoms. The highest BCUT2D eigenvalue weighted by atomic mass is 35.5. The summed E-state index contributed by atoms with van der Waals surface area (Å²) in [6, 6.07) is 2.22. The van der Waals surface area contributed by atoms with Crippen LogP contribution in [0.5, 0.6) is 0 Å². The number of sulfonamides is 1. The van der Waals surface area contributed by atoms with Gasteiger partial charge in [-0.1, -0.05) is 46.3 Å². The molecule has 1 aromatic carbocycles. The number of hydrogen-bond acceptors (Lipinski definition) is 8. The molecule has 23 heavy (non-hydrogen) atoms. The van der Waals surface area contributed by atoms with E-state index in [1.54, 1.807) is 0 Å². The van der Waals surface area contributed by atoms with E-state index in [1.807, 2.05) is 0 Å². The van der Waals surface area contributed by atoms with Crippen molar-refractivity contribution in [2.75, 3.05) is 16.8 Å². The normalized spacial score (nSPS) is 11.4. The number of aromatic nitrogens is 2. The lowest BCUT2D eigenvalue weighted by atomic mass is 10.3. The summed E-state index contributed by atoms with van der Waals surface area (Å²) in [5.74, 6) is -0.381. The predicted octanol–water partition coefficient (Wildman–Crippen LogP) is 1.81. The summed E-state index contributed by atoms with van der Waals surface area (Å²) in [5, 5.41) is 15.1. The SMILES string of the molecule is Nc1nnc(SCC(=O)Nc2c(Cl)cc(S(N)(=O)=O)cc2Cl)s1. The van der Waals surface area contributed by atoms with Crippen LogP contribution in [0.2, 0.25) is 10.0 Å². The highest BCUT2D eigenvalue weighted by Gasteiger charge is 2.17.